The number of oxime groups is 1. The van der Waals surface area contributed by atoms with Gasteiger partial charge in [0.25, 0.3) is 0 Å². The average molecular weight is 134 g/mol. The van der Waals surface area contributed by atoms with E-state index in [9.17, 15) is 0 Å². The van der Waals surface area contributed by atoms with Gasteiger partial charge in [-0.3, -0.25) is 0 Å². The molecule has 0 rings (SSSR count). The Morgan fingerprint density at radius 3 is 3.00 bits per heavy atom. The topological polar surface area (TPSA) is 21.6 Å². The zero-order valence-electron chi connectivity index (χ0n) is 4.67. The third-order valence-corrected chi connectivity index (χ3v) is 0.573. The minimum atomic E-state index is 0.942. The second-order valence-electron chi connectivity index (χ2n) is 1.09. The molecule has 2 nitrogen and oxygen atoms in total. The molecule has 0 heterocycles. The fraction of sp³-hybridized carbons (Fsp3) is 0.400. The molecule has 0 saturated carbocycles. The summed E-state index contributed by atoms with van der Waals surface area (Å²) in [5.74, 6) is 0. The first-order valence-corrected chi connectivity index (χ1v) is 2.78. The van der Waals surface area contributed by atoms with Gasteiger partial charge in [-0.15, -0.1) is 0 Å². The lowest BCUT2D eigenvalue weighted by molar-refractivity contribution is 0.270. The molecule has 0 aromatic heterocycles. The van der Waals surface area contributed by atoms with Crippen LogP contribution < -0.4 is 0 Å². The molecule has 0 fully saturated rings. The Hall–Kier alpha value is -0.500. The molecule has 0 aliphatic carbocycles. The summed E-state index contributed by atoms with van der Waals surface area (Å²) in [7, 11) is 0. The van der Waals surface area contributed by atoms with Gasteiger partial charge in [0.1, 0.15) is 11.9 Å². The van der Waals surface area contributed by atoms with Gasteiger partial charge in [-0.1, -0.05) is 23.7 Å². The zero-order chi connectivity index (χ0) is 6.24. The van der Waals surface area contributed by atoms with Crippen LogP contribution in [-0.2, 0) is 4.84 Å². The first-order valence-electron chi connectivity index (χ1n) is 2.34. The summed E-state index contributed by atoms with van der Waals surface area (Å²) in [6.45, 7) is 2.00. The Labute approximate surface area is 53.8 Å². The number of rotatable bonds is 3. The number of halogens is 1. The van der Waals surface area contributed by atoms with E-state index in [1.54, 1.807) is 0 Å². The third kappa shape index (κ3) is 5.50. The van der Waals surface area contributed by atoms with Gasteiger partial charge in [-0.05, 0) is 12.5 Å². The average Bonchev–Trinajstić information content (AvgIpc) is 1.81. The first-order chi connectivity index (χ1) is 3.91. The number of nitrogens with zero attached hydrogens (tertiary/aromatic N) is 1. The summed E-state index contributed by atoms with van der Waals surface area (Å²) in [5, 5.41) is 3.26. The zero-order valence-corrected chi connectivity index (χ0v) is 5.43. The van der Waals surface area contributed by atoms with Crippen molar-refractivity contribution in [3.05, 3.63) is 12.3 Å². The maximum atomic E-state index is 5.03. The molecule has 46 valence electrons. The lowest BCUT2D eigenvalue weighted by atomic mass is 10.5. The van der Waals surface area contributed by atoms with E-state index in [1.165, 1.54) is 6.26 Å². The highest BCUT2D eigenvalue weighted by molar-refractivity contribution is 6.56. The van der Waals surface area contributed by atoms with Gasteiger partial charge in [-0.25, -0.2) is 0 Å². The van der Waals surface area contributed by atoms with Crippen LogP contribution in [0.5, 0.6) is 0 Å². The highest BCUT2D eigenvalue weighted by Crippen LogP contribution is 1.81. The molecule has 3 heteroatoms. The van der Waals surface area contributed by atoms with E-state index < -0.39 is 0 Å². The van der Waals surface area contributed by atoms with E-state index in [1.807, 2.05) is 13.0 Å². The van der Waals surface area contributed by atoms with Crippen LogP contribution in [0.1, 0.15) is 13.3 Å². The Balaban J connectivity index is 3.03. The smallest absolute Gasteiger partial charge is 0.133 e. The summed E-state index contributed by atoms with van der Waals surface area (Å²) >= 11 is 5.03. The van der Waals surface area contributed by atoms with Gasteiger partial charge in [0.2, 0.25) is 0 Å². The van der Waals surface area contributed by atoms with Crippen molar-refractivity contribution in [3.8, 4) is 0 Å². The minimum Gasteiger partial charge on any atom is -0.364 e. The van der Waals surface area contributed by atoms with Crippen molar-refractivity contribution in [2.75, 3.05) is 0 Å². The second kappa shape index (κ2) is 6.50. The summed E-state index contributed by atoms with van der Waals surface area (Å²) in [6, 6.07) is 0. The Morgan fingerprint density at radius 2 is 2.50 bits per heavy atom. The fourth-order valence-corrected chi connectivity index (χ4v) is 0.243. The maximum absolute atomic E-state index is 5.03. The highest BCUT2D eigenvalue weighted by Gasteiger charge is 1.64. The highest BCUT2D eigenvalue weighted by atomic mass is 35.5. The summed E-state index contributed by atoms with van der Waals surface area (Å²) in [6.07, 6.45) is 4.26. The molecule has 0 aromatic carbocycles. The number of hydrogen-bond donors (Lipinski definition) is 0. The lowest BCUT2D eigenvalue weighted by Gasteiger charge is -1.81. The monoisotopic (exact) mass is 133 g/mol. The molecule has 8 heavy (non-hydrogen) atoms. The summed E-state index contributed by atoms with van der Waals surface area (Å²) < 4.78 is 0. The molecule has 0 saturated heterocycles. The molecule has 0 unspecified atom stereocenters. The Kier molecular flexibility index (Phi) is 6.09. The SMILES string of the molecule is CC/C=C/ON=CCl. The summed E-state index contributed by atoms with van der Waals surface area (Å²) in [5.41, 5.74) is 1.07. The second-order valence-corrected chi connectivity index (χ2v) is 1.28. The Morgan fingerprint density at radius 1 is 1.75 bits per heavy atom. The number of allylic oxidation sites excluding steroid dienone is 1. The van der Waals surface area contributed by atoms with Gasteiger partial charge in [0.05, 0.1) is 0 Å². The van der Waals surface area contributed by atoms with Crippen LogP contribution >= 0.6 is 11.6 Å². The minimum absolute atomic E-state index is 0.942. The van der Waals surface area contributed by atoms with Crippen LogP contribution in [0.4, 0.5) is 0 Å². The van der Waals surface area contributed by atoms with Crippen LogP contribution in [-0.4, -0.2) is 5.67 Å². The van der Waals surface area contributed by atoms with E-state index in [0.717, 1.165) is 12.1 Å². The van der Waals surface area contributed by atoms with Gasteiger partial charge >= 0.3 is 0 Å². The molecule has 0 N–H and O–H groups in total. The van der Waals surface area contributed by atoms with E-state index in [2.05, 4.69) is 9.99 Å². The fourth-order valence-electron chi connectivity index (χ4n) is 0.197. The first kappa shape index (κ1) is 7.50. The Bertz CT molecular complexity index is 90.4. The van der Waals surface area contributed by atoms with Crippen molar-refractivity contribution in [3.63, 3.8) is 0 Å². The van der Waals surface area contributed by atoms with Crippen LogP contribution in [0, 0.1) is 0 Å². The van der Waals surface area contributed by atoms with Gasteiger partial charge in [-0.2, -0.15) is 0 Å². The van der Waals surface area contributed by atoms with Crippen LogP contribution in [0.15, 0.2) is 17.5 Å². The van der Waals surface area contributed by atoms with Crippen LogP contribution in [0.2, 0.25) is 0 Å². The summed E-state index contributed by atoms with van der Waals surface area (Å²) in [4.78, 5) is 4.48. The molecule has 0 aromatic rings. The quantitative estimate of drug-likeness (QED) is 0.328. The van der Waals surface area contributed by atoms with Gasteiger partial charge in [0, 0.05) is 0 Å². The lowest BCUT2D eigenvalue weighted by Crippen LogP contribution is -1.63. The standard InChI is InChI=1S/C5H8ClNO/c1-2-3-4-8-7-5-6/h3-5H,2H2,1H3/b4-3+,7-5?. The van der Waals surface area contributed by atoms with Crippen molar-refractivity contribution in [1.29, 1.82) is 0 Å². The molecule has 0 spiro atoms. The van der Waals surface area contributed by atoms with E-state index >= 15 is 0 Å². The predicted molar refractivity (Wildman–Crippen MR) is 34.9 cm³/mol. The van der Waals surface area contributed by atoms with E-state index in [-0.39, 0.29) is 0 Å². The van der Waals surface area contributed by atoms with Crippen molar-refractivity contribution in [1.82, 2.24) is 0 Å². The van der Waals surface area contributed by atoms with Crippen molar-refractivity contribution >= 4 is 17.3 Å². The molecule has 0 amide bonds. The molecule has 0 aliphatic heterocycles. The molecule has 0 bridgehead atoms. The van der Waals surface area contributed by atoms with Crippen molar-refractivity contribution < 1.29 is 4.84 Å². The molecule has 0 radical (unpaired) electrons. The van der Waals surface area contributed by atoms with Crippen molar-refractivity contribution in [2.45, 2.75) is 13.3 Å². The normalized spacial score (nSPS) is 11.2. The van der Waals surface area contributed by atoms with Crippen LogP contribution in [0.25, 0.3) is 0 Å². The predicted octanol–water partition coefficient (Wildman–Crippen LogP) is 2.11. The van der Waals surface area contributed by atoms with E-state index in [0.29, 0.717) is 0 Å². The van der Waals surface area contributed by atoms with Crippen LogP contribution in [0.3, 0.4) is 0 Å². The third-order valence-electron chi connectivity index (χ3n) is 0.493. The molecule has 0 aliphatic rings. The van der Waals surface area contributed by atoms with E-state index in [4.69, 9.17) is 11.6 Å². The largest absolute Gasteiger partial charge is 0.364 e. The molecular formula is C5H8ClNO. The van der Waals surface area contributed by atoms with Gasteiger partial charge in [0.15, 0.2) is 0 Å². The maximum Gasteiger partial charge on any atom is 0.133 e. The molecule has 0 atom stereocenters. The molecular weight excluding hydrogens is 126 g/mol. The van der Waals surface area contributed by atoms with Crippen molar-refractivity contribution in [2.24, 2.45) is 5.16 Å². The van der Waals surface area contributed by atoms with Gasteiger partial charge < -0.3 is 4.84 Å². The number of hydrogen-bond acceptors (Lipinski definition) is 2.